The Morgan fingerprint density at radius 1 is 1.26 bits per heavy atom. The summed E-state index contributed by atoms with van der Waals surface area (Å²) in [5, 5.41) is 0. The first kappa shape index (κ1) is 14.7. The van der Waals surface area contributed by atoms with Gasteiger partial charge in [0.05, 0.1) is 0 Å². The SMILES string of the molecule is Cc1ccc(OCCN(C)C2CCSCC2)c(C)c1. The van der Waals surface area contributed by atoms with Crippen LogP contribution in [0.4, 0.5) is 0 Å². The monoisotopic (exact) mass is 279 g/mol. The van der Waals surface area contributed by atoms with Crippen LogP contribution in [0.5, 0.6) is 5.75 Å². The van der Waals surface area contributed by atoms with Gasteiger partial charge in [0.25, 0.3) is 0 Å². The third-order valence-electron chi connectivity index (χ3n) is 3.85. The number of likely N-dealkylation sites (N-methyl/N-ethyl adjacent to an activating group) is 1. The van der Waals surface area contributed by atoms with Crippen molar-refractivity contribution in [1.29, 1.82) is 0 Å². The van der Waals surface area contributed by atoms with Gasteiger partial charge in [-0.05, 0) is 56.9 Å². The molecule has 0 aromatic heterocycles. The van der Waals surface area contributed by atoms with E-state index in [0.717, 1.165) is 24.9 Å². The molecule has 2 rings (SSSR count). The van der Waals surface area contributed by atoms with Crippen LogP contribution in [-0.2, 0) is 0 Å². The molecule has 0 radical (unpaired) electrons. The molecule has 1 heterocycles. The molecule has 0 bridgehead atoms. The fourth-order valence-corrected chi connectivity index (χ4v) is 3.65. The van der Waals surface area contributed by atoms with Crippen LogP contribution in [0, 0.1) is 13.8 Å². The normalized spacial score (nSPS) is 16.8. The van der Waals surface area contributed by atoms with Gasteiger partial charge in [-0.1, -0.05) is 17.7 Å². The Balaban J connectivity index is 1.76. The number of rotatable bonds is 5. The molecular weight excluding hydrogens is 254 g/mol. The standard InChI is InChI=1S/C16H25NOS/c1-13-4-5-16(14(2)12-13)18-9-8-17(3)15-6-10-19-11-7-15/h4-5,12,15H,6-11H2,1-3H3. The van der Waals surface area contributed by atoms with Crippen LogP contribution in [0.15, 0.2) is 18.2 Å². The van der Waals surface area contributed by atoms with E-state index in [1.165, 1.54) is 35.5 Å². The molecule has 0 saturated carbocycles. The number of benzene rings is 1. The summed E-state index contributed by atoms with van der Waals surface area (Å²) in [6, 6.07) is 7.13. The molecule has 0 unspecified atom stereocenters. The van der Waals surface area contributed by atoms with Crippen LogP contribution in [0.1, 0.15) is 24.0 Å². The smallest absolute Gasteiger partial charge is 0.122 e. The van der Waals surface area contributed by atoms with Crippen molar-refractivity contribution in [3.05, 3.63) is 29.3 Å². The molecule has 19 heavy (non-hydrogen) atoms. The first-order chi connectivity index (χ1) is 9.16. The topological polar surface area (TPSA) is 12.5 Å². The molecule has 1 aromatic rings. The molecule has 1 fully saturated rings. The van der Waals surface area contributed by atoms with E-state index in [0.29, 0.717) is 0 Å². The Morgan fingerprint density at radius 3 is 2.68 bits per heavy atom. The minimum absolute atomic E-state index is 0.754. The fraction of sp³-hybridized carbons (Fsp3) is 0.625. The Hall–Kier alpha value is -0.670. The summed E-state index contributed by atoms with van der Waals surface area (Å²) < 4.78 is 5.91. The van der Waals surface area contributed by atoms with Crippen LogP contribution in [-0.4, -0.2) is 42.6 Å². The molecule has 3 heteroatoms. The molecule has 1 saturated heterocycles. The Morgan fingerprint density at radius 2 is 2.00 bits per heavy atom. The highest BCUT2D eigenvalue weighted by Gasteiger charge is 2.17. The zero-order valence-corrected chi connectivity index (χ0v) is 13.1. The number of aryl methyl sites for hydroxylation is 2. The predicted molar refractivity (Wildman–Crippen MR) is 84.4 cm³/mol. The zero-order chi connectivity index (χ0) is 13.7. The average molecular weight is 279 g/mol. The lowest BCUT2D eigenvalue weighted by Gasteiger charge is -2.30. The van der Waals surface area contributed by atoms with Gasteiger partial charge < -0.3 is 4.74 Å². The predicted octanol–water partition coefficient (Wildman–Crippen LogP) is 3.51. The maximum Gasteiger partial charge on any atom is 0.122 e. The van der Waals surface area contributed by atoms with Crippen LogP contribution in [0.3, 0.4) is 0 Å². The van der Waals surface area contributed by atoms with Crippen molar-refractivity contribution < 1.29 is 4.74 Å². The van der Waals surface area contributed by atoms with Crippen molar-refractivity contribution in [1.82, 2.24) is 4.90 Å². The maximum absolute atomic E-state index is 5.91. The van der Waals surface area contributed by atoms with Crippen LogP contribution in [0.2, 0.25) is 0 Å². The van der Waals surface area contributed by atoms with E-state index >= 15 is 0 Å². The molecule has 0 amide bonds. The van der Waals surface area contributed by atoms with E-state index in [-0.39, 0.29) is 0 Å². The number of thioether (sulfide) groups is 1. The molecule has 1 aliphatic rings. The molecule has 2 nitrogen and oxygen atoms in total. The summed E-state index contributed by atoms with van der Waals surface area (Å²) in [7, 11) is 2.23. The Bertz CT molecular complexity index is 402. The highest BCUT2D eigenvalue weighted by molar-refractivity contribution is 7.99. The van der Waals surface area contributed by atoms with Gasteiger partial charge in [-0.15, -0.1) is 0 Å². The van der Waals surface area contributed by atoms with E-state index in [4.69, 9.17) is 4.74 Å². The molecule has 1 aliphatic heterocycles. The van der Waals surface area contributed by atoms with Crippen molar-refractivity contribution >= 4 is 11.8 Å². The van der Waals surface area contributed by atoms with E-state index in [1.54, 1.807) is 0 Å². The van der Waals surface area contributed by atoms with Crippen molar-refractivity contribution in [2.45, 2.75) is 32.7 Å². The highest BCUT2D eigenvalue weighted by atomic mass is 32.2. The van der Waals surface area contributed by atoms with Gasteiger partial charge in [-0.25, -0.2) is 0 Å². The second-order valence-electron chi connectivity index (χ2n) is 5.44. The van der Waals surface area contributed by atoms with Crippen LogP contribution < -0.4 is 4.74 Å². The van der Waals surface area contributed by atoms with Gasteiger partial charge in [0.15, 0.2) is 0 Å². The number of hydrogen-bond donors (Lipinski definition) is 0. The average Bonchev–Trinajstić information content (AvgIpc) is 2.42. The van der Waals surface area contributed by atoms with E-state index in [2.05, 4.69) is 55.8 Å². The minimum atomic E-state index is 0.754. The van der Waals surface area contributed by atoms with Crippen molar-refractivity contribution in [2.75, 3.05) is 31.7 Å². The maximum atomic E-state index is 5.91. The number of nitrogens with zero attached hydrogens (tertiary/aromatic N) is 1. The summed E-state index contributed by atoms with van der Waals surface area (Å²) >= 11 is 2.08. The van der Waals surface area contributed by atoms with Crippen LogP contribution >= 0.6 is 11.8 Å². The van der Waals surface area contributed by atoms with Crippen molar-refractivity contribution in [3.63, 3.8) is 0 Å². The first-order valence-electron chi connectivity index (χ1n) is 7.15. The highest BCUT2D eigenvalue weighted by Crippen LogP contribution is 2.21. The Kier molecular flexibility index (Phi) is 5.59. The van der Waals surface area contributed by atoms with E-state index < -0.39 is 0 Å². The quantitative estimate of drug-likeness (QED) is 0.818. The lowest BCUT2D eigenvalue weighted by molar-refractivity contribution is 0.183. The van der Waals surface area contributed by atoms with Gasteiger partial charge in [-0.2, -0.15) is 11.8 Å². The largest absolute Gasteiger partial charge is 0.492 e. The summed E-state index contributed by atoms with van der Waals surface area (Å²) in [5.41, 5.74) is 2.53. The zero-order valence-electron chi connectivity index (χ0n) is 12.3. The third-order valence-corrected chi connectivity index (χ3v) is 4.89. The number of hydrogen-bond acceptors (Lipinski definition) is 3. The lowest BCUT2D eigenvalue weighted by Crippen LogP contribution is -2.37. The van der Waals surface area contributed by atoms with E-state index in [9.17, 15) is 0 Å². The fourth-order valence-electron chi connectivity index (χ4n) is 2.57. The molecule has 0 N–H and O–H groups in total. The van der Waals surface area contributed by atoms with Crippen molar-refractivity contribution in [2.24, 2.45) is 0 Å². The molecule has 106 valence electrons. The van der Waals surface area contributed by atoms with Gasteiger partial charge in [0, 0.05) is 12.6 Å². The van der Waals surface area contributed by atoms with E-state index in [1.807, 2.05) is 0 Å². The molecule has 1 aromatic carbocycles. The molecule has 0 spiro atoms. The van der Waals surface area contributed by atoms with Gasteiger partial charge in [0.1, 0.15) is 12.4 Å². The van der Waals surface area contributed by atoms with Crippen molar-refractivity contribution in [3.8, 4) is 5.75 Å². The molecule has 0 aliphatic carbocycles. The van der Waals surface area contributed by atoms with Gasteiger partial charge in [-0.3, -0.25) is 4.90 Å². The van der Waals surface area contributed by atoms with Crippen LogP contribution in [0.25, 0.3) is 0 Å². The molecular formula is C16H25NOS. The second kappa shape index (κ2) is 7.20. The lowest BCUT2D eigenvalue weighted by atomic mass is 10.1. The number of ether oxygens (including phenoxy) is 1. The summed E-state index contributed by atoms with van der Waals surface area (Å²) in [6.07, 6.45) is 2.65. The Labute approximate surface area is 121 Å². The first-order valence-corrected chi connectivity index (χ1v) is 8.30. The van der Waals surface area contributed by atoms with Gasteiger partial charge >= 0.3 is 0 Å². The summed E-state index contributed by atoms with van der Waals surface area (Å²) in [5.74, 6) is 3.65. The van der Waals surface area contributed by atoms with Gasteiger partial charge in [0.2, 0.25) is 0 Å². The summed E-state index contributed by atoms with van der Waals surface area (Å²) in [6.45, 7) is 6.03. The minimum Gasteiger partial charge on any atom is -0.492 e. The third kappa shape index (κ3) is 4.43. The molecule has 0 atom stereocenters. The second-order valence-corrected chi connectivity index (χ2v) is 6.67. The summed E-state index contributed by atoms with van der Waals surface area (Å²) in [4.78, 5) is 2.46.